The molecule has 0 saturated heterocycles. The lowest BCUT2D eigenvalue weighted by Crippen LogP contribution is -2.14. The third kappa shape index (κ3) is 3.33. The average Bonchev–Trinajstić information content (AvgIpc) is 2.28. The molecule has 18 heavy (non-hydrogen) atoms. The third-order valence-corrected chi connectivity index (χ3v) is 1.47. The van der Waals surface area contributed by atoms with Crippen molar-refractivity contribution in [1.82, 2.24) is 15.0 Å². The quantitative estimate of drug-likeness (QED) is 0.422. The third-order valence-electron chi connectivity index (χ3n) is 1.47. The Hall–Kier alpha value is -2.84. The number of hydrogen-bond donors (Lipinski definition) is 1. The van der Waals surface area contributed by atoms with Gasteiger partial charge < -0.3 is 14.6 Å². The highest BCUT2D eigenvalue weighted by Crippen LogP contribution is 2.10. The summed E-state index contributed by atoms with van der Waals surface area (Å²) in [6.07, 6.45) is 0. The molecule has 0 spiro atoms. The number of nitrogens with zero attached hydrogens (tertiary/aromatic N) is 3. The summed E-state index contributed by atoms with van der Waals surface area (Å²) in [6.45, 7) is 4.69. The zero-order valence-electron chi connectivity index (χ0n) is 9.11. The van der Waals surface area contributed by atoms with Gasteiger partial charge in [-0.1, -0.05) is 6.58 Å². The molecule has 0 unspecified atom stereocenters. The monoisotopic (exact) mass is 253 g/mol. The molecule has 0 aliphatic carbocycles. The van der Waals surface area contributed by atoms with Crippen molar-refractivity contribution in [3.63, 3.8) is 0 Å². The number of carbonyl (C=O) groups excluding carboxylic acids is 2. The Morgan fingerprint density at radius 1 is 1.28 bits per heavy atom. The average molecular weight is 253 g/mol. The number of carboxylic acids is 1. The van der Waals surface area contributed by atoms with E-state index in [1.54, 1.807) is 0 Å². The summed E-state index contributed by atoms with van der Waals surface area (Å²) in [6, 6.07) is -1.20. The first-order valence-electron chi connectivity index (χ1n) is 4.41. The van der Waals surface area contributed by atoms with Crippen LogP contribution in [-0.4, -0.2) is 38.5 Å². The van der Waals surface area contributed by atoms with E-state index in [4.69, 9.17) is 5.11 Å². The van der Waals surface area contributed by atoms with Gasteiger partial charge in [-0.3, -0.25) is 4.79 Å². The molecular weight excluding hydrogens is 246 g/mol. The molecule has 1 aromatic rings. The molecule has 94 valence electrons. The van der Waals surface area contributed by atoms with Gasteiger partial charge in [0.05, 0.1) is 0 Å². The second-order valence-electron chi connectivity index (χ2n) is 2.91. The van der Waals surface area contributed by atoms with E-state index < -0.39 is 29.8 Å². The molecule has 0 atom stereocenters. The second-order valence-corrected chi connectivity index (χ2v) is 2.91. The highest BCUT2D eigenvalue weighted by atomic mass is 16.6. The molecule has 1 heterocycles. The number of aromatic nitrogens is 3. The molecule has 0 saturated carbocycles. The van der Waals surface area contributed by atoms with Gasteiger partial charge in [-0.2, -0.15) is 9.97 Å². The highest BCUT2D eigenvalue weighted by Gasteiger charge is 2.16. The molecule has 0 radical (unpaired) electrons. The molecule has 9 heteroatoms. The molecule has 0 bridgehead atoms. The topological polar surface area (TPSA) is 129 Å². The normalized spacial score (nSPS) is 9.39. The molecule has 0 fully saturated rings. The number of carboxylic acid groups (broad SMARTS) is 1. The largest absolute Gasteiger partial charge is 0.475 e. The van der Waals surface area contributed by atoms with Crippen LogP contribution in [0.15, 0.2) is 12.2 Å². The van der Waals surface area contributed by atoms with Gasteiger partial charge in [-0.05, 0) is 6.92 Å². The van der Waals surface area contributed by atoms with Crippen molar-refractivity contribution in [2.45, 2.75) is 6.92 Å². The maximum Gasteiger partial charge on any atom is 0.374 e. The second kappa shape index (κ2) is 5.48. The Morgan fingerprint density at radius 3 is 2.39 bits per heavy atom. The fourth-order valence-corrected chi connectivity index (χ4v) is 0.745. The van der Waals surface area contributed by atoms with Crippen LogP contribution in [0.1, 0.15) is 17.5 Å². The molecule has 0 aliphatic rings. The Bertz CT molecular complexity index is 527. The number of carbonyl (C=O) groups is 3. The predicted molar refractivity (Wildman–Crippen MR) is 53.9 cm³/mol. The smallest absolute Gasteiger partial charge is 0.374 e. The van der Waals surface area contributed by atoms with E-state index in [0.29, 0.717) is 0 Å². The van der Waals surface area contributed by atoms with Crippen molar-refractivity contribution < 1.29 is 29.0 Å². The standard InChI is InChI=1S/C9H7N3O6/c1-4(2)7(16)18-9-11-5(6(14)15)10-8(12-9)17-3-13/h3H,1H2,2H3,(H,14,15). The number of hydrogen-bond acceptors (Lipinski definition) is 8. The molecular formula is C9H7N3O6. The summed E-state index contributed by atoms with van der Waals surface area (Å²) in [5.74, 6) is -3.08. The molecule has 1 rings (SSSR count). The number of aromatic carboxylic acids is 1. The molecule has 1 N–H and O–H groups in total. The first-order chi connectivity index (χ1) is 8.43. The van der Waals surface area contributed by atoms with Crippen LogP contribution in [-0.2, 0) is 9.59 Å². The summed E-state index contributed by atoms with van der Waals surface area (Å²) >= 11 is 0. The zero-order valence-corrected chi connectivity index (χ0v) is 9.11. The van der Waals surface area contributed by atoms with E-state index in [-0.39, 0.29) is 12.0 Å². The Kier molecular flexibility index (Phi) is 4.02. The van der Waals surface area contributed by atoms with Gasteiger partial charge in [0.1, 0.15) is 0 Å². The van der Waals surface area contributed by atoms with Crippen molar-refractivity contribution >= 4 is 18.4 Å². The highest BCUT2D eigenvalue weighted by molar-refractivity contribution is 5.88. The minimum absolute atomic E-state index is 0.00861. The molecule has 0 aromatic carbocycles. The molecule has 0 aliphatic heterocycles. The fraction of sp³-hybridized carbons (Fsp3) is 0.111. The van der Waals surface area contributed by atoms with E-state index in [2.05, 4.69) is 31.0 Å². The number of ether oxygens (including phenoxy) is 2. The van der Waals surface area contributed by atoms with Gasteiger partial charge in [0.2, 0.25) is 5.82 Å². The SMILES string of the molecule is C=C(C)C(=O)Oc1nc(OC=O)nc(C(=O)O)n1. The van der Waals surface area contributed by atoms with Crippen molar-refractivity contribution in [2.24, 2.45) is 0 Å². The number of rotatable bonds is 5. The zero-order chi connectivity index (χ0) is 13.7. The van der Waals surface area contributed by atoms with Crippen LogP contribution in [0, 0.1) is 0 Å². The Labute approximate surface area is 100 Å². The van der Waals surface area contributed by atoms with E-state index in [1.165, 1.54) is 6.92 Å². The maximum atomic E-state index is 11.2. The lowest BCUT2D eigenvalue weighted by Gasteiger charge is -2.03. The summed E-state index contributed by atoms with van der Waals surface area (Å²) in [5, 5.41) is 8.69. The van der Waals surface area contributed by atoms with Crippen LogP contribution in [0.2, 0.25) is 0 Å². The van der Waals surface area contributed by atoms with Gasteiger partial charge in [0.25, 0.3) is 0 Å². The summed E-state index contributed by atoms with van der Waals surface area (Å²) < 4.78 is 8.85. The van der Waals surface area contributed by atoms with E-state index in [0.717, 1.165) is 0 Å². The minimum Gasteiger partial charge on any atom is -0.475 e. The van der Waals surface area contributed by atoms with Crippen LogP contribution < -0.4 is 9.47 Å². The summed E-state index contributed by atoms with van der Waals surface area (Å²) in [5.41, 5.74) is 0.0603. The van der Waals surface area contributed by atoms with Crippen molar-refractivity contribution in [3.05, 3.63) is 18.0 Å². The van der Waals surface area contributed by atoms with Crippen LogP contribution in [0.4, 0.5) is 0 Å². The first kappa shape index (κ1) is 13.2. The van der Waals surface area contributed by atoms with E-state index in [1.807, 2.05) is 0 Å². The Morgan fingerprint density at radius 2 is 1.89 bits per heavy atom. The van der Waals surface area contributed by atoms with E-state index in [9.17, 15) is 14.4 Å². The molecule has 0 amide bonds. The van der Waals surface area contributed by atoms with Gasteiger partial charge in [0.15, 0.2) is 0 Å². The van der Waals surface area contributed by atoms with Gasteiger partial charge in [0, 0.05) is 5.57 Å². The lowest BCUT2D eigenvalue weighted by molar-refractivity contribution is -0.130. The maximum absolute atomic E-state index is 11.2. The summed E-state index contributed by atoms with van der Waals surface area (Å²) in [7, 11) is 0. The van der Waals surface area contributed by atoms with Crippen LogP contribution >= 0.6 is 0 Å². The van der Waals surface area contributed by atoms with Crippen LogP contribution in [0.3, 0.4) is 0 Å². The fourth-order valence-electron chi connectivity index (χ4n) is 0.745. The van der Waals surface area contributed by atoms with Crippen molar-refractivity contribution in [3.8, 4) is 12.0 Å². The Balaban J connectivity index is 3.10. The van der Waals surface area contributed by atoms with Crippen molar-refractivity contribution in [2.75, 3.05) is 0 Å². The summed E-state index contributed by atoms with van der Waals surface area (Å²) in [4.78, 5) is 42.0. The molecule has 1 aromatic heterocycles. The lowest BCUT2D eigenvalue weighted by atomic mass is 10.4. The van der Waals surface area contributed by atoms with Gasteiger partial charge in [-0.15, -0.1) is 4.98 Å². The van der Waals surface area contributed by atoms with Crippen LogP contribution in [0.25, 0.3) is 0 Å². The van der Waals surface area contributed by atoms with Crippen LogP contribution in [0.5, 0.6) is 12.0 Å². The first-order valence-corrected chi connectivity index (χ1v) is 4.41. The minimum atomic E-state index is -1.50. The van der Waals surface area contributed by atoms with Gasteiger partial charge in [-0.25, -0.2) is 9.59 Å². The van der Waals surface area contributed by atoms with E-state index >= 15 is 0 Å². The molecule has 9 nitrogen and oxygen atoms in total. The predicted octanol–water partition coefficient (Wildman–Crippen LogP) is -0.414. The van der Waals surface area contributed by atoms with Gasteiger partial charge >= 0.3 is 30.4 Å². The number of esters is 1. The van der Waals surface area contributed by atoms with Crippen molar-refractivity contribution in [1.29, 1.82) is 0 Å².